The predicted octanol–water partition coefficient (Wildman–Crippen LogP) is 5.52. The molecule has 34 heavy (non-hydrogen) atoms. The first-order valence-electron chi connectivity index (χ1n) is 13.3. The highest BCUT2D eigenvalue weighted by atomic mass is 32.2. The van der Waals surface area contributed by atoms with Gasteiger partial charge in [-0.2, -0.15) is 0 Å². The molecule has 7 heteroatoms. The lowest BCUT2D eigenvalue weighted by Gasteiger charge is -2.32. The normalized spacial score (nSPS) is 22.9. The molecule has 6 nitrogen and oxygen atoms in total. The summed E-state index contributed by atoms with van der Waals surface area (Å²) in [6, 6.07) is 8.38. The average Bonchev–Trinajstić information content (AvgIpc) is 3.55. The molecular weight excluding hydrogens is 444 g/mol. The Morgan fingerprint density at radius 2 is 1.82 bits per heavy atom. The maximum atomic E-state index is 6.02. The Balaban J connectivity index is 1.23. The van der Waals surface area contributed by atoms with Gasteiger partial charge in [0.2, 0.25) is 0 Å². The van der Waals surface area contributed by atoms with E-state index in [0.717, 1.165) is 68.9 Å². The van der Waals surface area contributed by atoms with E-state index in [-0.39, 0.29) is 0 Å². The molecule has 0 radical (unpaired) electrons. The van der Waals surface area contributed by atoms with Gasteiger partial charge in [-0.1, -0.05) is 49.2 Å². The Labute approximate surface area is 208 Å². The number of nitrogens with zero attached hydrogens (tertiary/aromatic N) is 4. The standard InChI is InChI=1S/C27H40N4O2S/c1-32-25-12-6-5-10-23(25)18-30-15-13-22(14-16-30)26-28-29-27(31(26)19-24-11-7-17-33-24)34-20-21-8-3-2-4-9-21/h5-6,10,12,21-22,24H,2-4,7-9,11,13-20H2,1H3/t24-/m1/s1. The van der Waals surface area contributed by atoms with Crippen molar-refractivity contribution >= 4 is 11.8 Å². The van der Waals surface area contributed by atoms with Crippen LogP contribution in [0.1, 0.15) is 75.1 Å². The van der Waals surface area contributed by atoms with Gasteiger partial charge in [-0.25, -0.2) is 0 Å². The molecule has 1 saturated carbocycles. The van der Waals surface area contributed by atoms with E-state index in [1.54, 1.807) is 7.11 Å². The molecule has 1 aromatic carbocycles. The molecule has 1 atom stereocenters. The van der Waals surface area contributed by atoms with Crippen LogP contribution in [0.15, 0.2) is 29.4 Å². The van der Waals surface area contributed by atoms with Crippen molar-refractivity contribution in [3.63, 3.8) is 0 Å². The van der Waals surface area contributed by atoms with Gasteiger partial charge in [0.1, 0.15) is 11.6 Å². The molecule has 0 unspecified atom stereocenters. The zero-order valence-corrected chi connectivity index (χ0v) is 21.5. The number of hydrogen-bond donors (Lipinski definition) is 0. The minimum absolute atomic E-state index is 0.314. The highest BCUT2D eigenvalue weighted by Crippen LogP contribution is 2.34. The van der Waals surface area contributed by atoms with Gasteiger partial charge in [-0.15, -0.1) is 10.2 Å². The molecule has 2 aliphatic heterocycles. The molecule has 1 aromatic heterocycles. The van der Waals surface area contributed by atoms with Crippen LogP contribution in [0, 0.1) is 5.92 Å². The number of benzene rings is 1. The predicted molar refractivity (Wildman–Crippen MR) is 137 cm³/mol. The second kappa shape index (κ2) is 11.9. The molecule has 1 aliphatic carbocycles. The summed E-state index contributed by atoms with van der Waals surface area (Å²) in [6.07, 6.45) is 11.9. The van der Waals surface area contributed by atoms with Crippen LogP contribution in [0.3, 0.4) is 0 Å². The Bertz CT molecular complexity index is 900. The highest BCUT2D eigenvalue weighted by molar-refractivity contribution is 7.99. The number of ether oxygens (including phenoxy) is 2. The van der Waals surface area contributed by atoms with Crippen molar-refractivity contribution in [1.82, 2.24) is 19.7 Å². The summed E-state index contributed by atoms with van der Waals surface area (Å²) in [5, 5.41) is 10.6. The van der Waals surface area contributed by atoms with E-state index >= 15 is 0 Å². The number of para-hydroxylation sites is 1. The average molecular weight is 485 g/mol. The van der Waals surface area contributed by atoms with Crippen LogP contribution < -0.4 is 4.74 Å². The number of hydrogen-bond acceptors (Lipinski definition) is 6. The summed E-state index contributed by atoms with van der Waals surface area (Å²) >= 11 is 1.94. The Morgan fingerprint density at radius 3 is 2.59 bits per heavy atom. The molecule has 2 saturated heterocycles. The lowest BCUT2D eigenvalue weighted by atomic mass is 9.91. The fraction of sp³-hybridized carbons (Fsp3) is 0.704. The number of methoxy groups -OCH3 is 1. The molecule has 186 valence electrons. The first-order valence-corrected chi connectivity index (χ1v) is 14.3. The van der Waals surface area contributed by atoms with Gasteiger partial charge in [-0.05, 0) is 63.6 Å². The molecule has 3 heterocycles. The van der Waals surface area contributed by atoms with E-state index in [2.05, 4.69) is 27.7 Å². The maximum Gasteiger partial charge on any atom is 0.191 e. The Morgan fingerprint density at radius 1 is 1.00 bits per heavy atom. The summed E-state index contributed by atoms with van der Waals surface area (Å²) < 4.78 is 14.0. The lowest BCUT2D eigenvalue weighted by Crippen LogP contribution is -2.33. The minimum atomic E-state index is 0.314. The number of piperidine rings is 1. The third kappa shape index (κ3) is 5.97. The number of rotatable bonds is 9. The van der Waals surface area contributed by atoms with Crippen LogP contribution >= 0.6 is 11.8 Å². The van der Waals surface area contributed by atoms with Gasteiger partial charge < -0.3 is 14.0 Å². The smallest absolute Gasteiger partial charge is 0.191 e. The monoisotopic (exact) mass is 484 g/mol. The van der Waals surface area contributed by atoms with Gasteiger partial charge in [0.15, 0.2) is 5.16 Å². The summed E-state index contributed by atoms with van der Waals surface area (Å²) in [4.78, 5) is 2.55. The summed E-state index contributed by atoms with van der Waals surface area (Å²) in [6.45, 7) is 4.92. The Hall–Kier alpha value is -1.57. The second-order valence-corrected chi connectivity index (χ2v) is 11.3. The molecule has 3 aliphatic rings. The van der Waals surface area contributed by atoms with Gasteiger partial charge in [0.25, 0.3) is 0 Å². The SMILES string of the molecule is COc1ccccc1CN1CCC(c2nnc(SCC3CCCCC3)n2C[C@H]2CCCO2)CC1. The zero-order chi connectivity index (χ0) is 23.2. The van der Waals surface area contributed by atoms with E-state index in [9.17, 15) is 0 Å². The van der Waals surface area contributed by atoms with Crippen molar-refractivity contribution in [1.29, 1.82) is 0 Å². The van der Waals surface area contributed by atoms with Crippen LogP contribution in [0.25, 0.3) is 0 Å². The molecule has 0 amide bonds. The Kier molecular flexibility index (Phi) is 8.46. The van der Waals surface area contributed by atoms with E-state index in [0.29, 0.717) is 12.0 Å². The molecule has 0 spiro atoms. The van der Waals surface area contributed by atoms with Gasteiger partial charge in [0, 0.05) is 30.4 Å². The largest absolute Gasteiger partial charge is 0.496 e. The van der Waals surface area contributed by atoms with Crippen LogP contribution in [0.4, 0.5) is 0 Å². The van der Waals surface area contributed by atoms with Crippen molar-refractivity contribution in [2.24, 2.45) is 5.92 Å². The number of aromatic nitrogens is 3. The summed E-state index contributed by atoms with van der Waals surface area (Å²) in [7, 11) is 1.76. The van der Waals surface area contributed by atoms with E-state index in [4.69, 9.17) is 19.7 Å². The zero-order valence-electron chi connectivity index (χ0n) is 20.7. The fourth-order valence-corrected chi connectivity index (χ4v) is 6.98. The topological polar surface area (TPSA) is 52.4 Å². The molecular formula is C27H40N4O2S. The van der Waals surface area contributed by atoms with Gasteiger partial charge in [0.05, 0.1) is 19.8 Å². The first kappa shape index (κ1) is 24.1. The fourth-order valence-electron chi connectivity index (χ4n) is 5.84. The van der Waals surface area contributed by atoms with E-state index in [1.807, 2.05) is 17.8 Å². The molecule has 0 bridgehead atoms. The number of thioether (sulfide) groups is 1. The van der Waals surface area contributed by atoms with Crippen molar-refractivity contribution in [2.45, 2.75) is 88.1 Å². The van der Waals surface area contributed by atoms with Crippen LogP contribution in [0.5, 0.6) is 5.75 Å². The second-order valence-electron chi connectivity index (χ2n) is 10.3. The van der Waals surface area contributed by atoms with Crippen molar-refractivity contribution in [3.8, 4) is 5.75 Å². The molecule has 0 N–H and O–H groups in total. The third-order valence-electron chi connectivity index (χ3n) is 7.87. The van der Waals surface area contributed by atoms with Gasteiger partial charge >= 0.3 is 0 Å². The van der Waals surface area contributed by atoms with Gasteiger partial charge in [-0.3, -0.25) is 4.90 Å². The third-order valence-corrected chi connectivity index (χ3v) is 9.07. The summed E-state index contributed by atoms with van der Waals surface area (Å²) in [5.41, 5.74) is 1.27. The first-order chi connectivity index (χ1) is 16.8. The van der Waals surface area contributed by atoms with Crippen molar-refractivity contribution in [3.05, 3.63) is 35.7 Å². The van der Waals surface area contributed by atoms with Crippen molar-refractivity contribution in [2.75, 3.05) is 32.6 Å². The van der Waals surface area contributed by atoms with E-state index in [1.165, 1.54) is 55.7 Å². The van der Waals surface area contributed by atoms with Crippen LogP contribution in [-0.2, 0) is 17.8 Å². The quantitative estimate of drug-likeness (QED) is 0.437. The molecule has 3 fully saturated rings. The molecule has 5 rings (SSSR count). The lowest BCUT2D eigenvalue weighted by molar-refractivity contribution is 0.0931. The summed E-state index contributed by atoms with van der Waals surface area (Å²) in [5.74, 6) is 4.68. The van der Waals surface area contributed by atoms with Crippen molar-refractivity contribution < 1.29 is 9.47 Å². The van der Waals surface area contributed by atoms with E-state index < -0.39 is 0 Å². The minimum Gasteiger partial charge on any atom is -0.496 e. The molecule has 2 aromatic rings. The highest BCUT2D eigenvalue weighted by Gasteiger charge is 2.29. The maximum absolute atomic E-state index is 6.02. The number of likely N-dealkylation sites (tertiary alicyclic amines) is 1. The van der Waals surface area contributed by atoms with Crippen LogP contribution in [0.2, 0.25) is 0 Å². The van der Waals surface area contributed by atoms with Crippen LogP contribution in [-0.4, -0.2) is 58.3 Å².